The summed E-state index contributed by atoms with van der Waals surface area (Å²) >= 11 is 0. The average Bonchev–Trinajstić information content (AvgIpc) is 1.22. The van der Waals surface area contributed by atoms with Crippen LogP contribution in [0.4, 0.5) is 0 Å². The summed E-state index contributed by atoms with van der Waals surface area (Å²) in [5, 5.41) is 23.8. The molecule has 2 N–H and O–H groups in total. The van der Waals surface area contributed by atoms with Crippen LogP contribution in [0.3, 0.4) is 0 Å². The van der Waals surface area contributed by atoms with Crippen LogP contribution in [0.25, 0.3) is 0 Å². The molecule has 16 nitrogen and oxygen atoms in total. The van der Waals surface area contributed by atoms with Crippen LogP contribution >= 0.6 is 8.53 Å². The topological polar surface area (TPSA) is 187 Å². The first-order chi connectivity index (χ1) is 43.2. The number of aliphatic carboxylic acids is 1. The molecule has 4 aliphatic carbocycles. The fraction of sp³-hybridized carbons (Fsp3) is 0.644. The zero-order chi connectivity index (χ0) is 64.5. The normalized spacial score (nSPS) is 28.2. The number of allylic oxidation sites excluding steroid dienone is 1. The summed E-state index contributed by atoms with van der Waals surface area (Å²) < 4.78 is 44.0. The molecule has 0 bridgehead atoms. The lowest BCUT2D eigenvalue weighted by Crippen LogP contribution is -2.62. The number of aromatic nitrogens is 2. The molecule has 3 aromatic carbocycles. The van der Waals surface area contributed by atoms with Crippen LogP contribution < -0.4 is 20.7 Å². The third-order valence-corrected chi connectivity index (χ3v) is 23.8. The number of methoxy groups -OCH3 is 2. The molecule has 90 heavy (non-hydrogen) atoms. The van der Waals surface area contributed by atoms with E-state index in [0.717, 1.165) is 60.6 Å². The highest BCUT2D eigenvalue weighted by atomic mass is 31.2. The minimum absolute atomic E-state index is 0.0623. The lowest BCUT2D eigenvalue weighted by atomic mass is 9.46. The van der Waals surface area contributed by atoms with Crippen LogP contribution in [-0.4, -0.2) is 100 Å². The molecule has 1 saturated heterocycles. The number of H-pyrrole nitrogens is 1. The second kappa shape index (κ2) is 30.2. The summed E-state index contributed by atoms with van der Waals surface area (Å²) in [6.07, 6.45) is 13.6. The SMILES string of the molecule is CCCCCCN(O[C@@H]1[C@H](OP(OCCC#N)N(C(C)C)C(C)C)[C@@H](COC(c2ccccc2)(c2ccc(OC)cc2)c2ccc(OC)cc2)O[C@H]1n1ccc(=O)[nH]c1=O)C1(C(=O)O)CC[C@@]2(C)C(=CCC3C2CC[C@@]2(C)C3CC[C@@H]2[C@H](C)CCCC(C)C)C1. The maximum atomic E-state index is 14.9. The second-order valence-corrected chi connectivity index (χ2v) is 29.5. The Bertz CT molecular complexity index is 3110. The fourth-order valence-corrected chi connectivity index (χ4v) is 18.8. The van der Waals surface area contributed by atoms with Crippen LogP contribution in [0.5, 0.6) is 11.5 Å². The molecule has 4 fully saturated rings. The Labute approximate surface area is 537 Å². The number of benzene rings is 3. The van der Waals surface area contributed by atoms with Crippen molar-refractivity contribution < 1.29 is 42.7 Å². The summed E-state index contributed by atoms with van der Waals surface area (Å²) in [4.78, 5) is 52.5. The zero-order valence-corrected chi connectivity index (χ0v) is 56.8. The minimum Gasteiger partial charge on any atom is -0.497 e. The van der Waals surface area contributed by atoms with Crippen molar-refractivity contribution in [2.45, 2.75) is 220 Å². The maximum absolute atomic E-state index is 14.9. The molecular formula is C73H104N5O11P. The number of carbonyl (C=O) groups is 1. The lowest BCUT2D eigenvalue weighted by Gasteiger charge is -2.60. The molecule has 0 radical (unpaired) electrons. The summed E-state index contributed by atoms with van der Waals surface area (Å²) in [5.74, 6) is 4.11. The first-order valence-corrected chi connectivity index (χ1v) is 34.9. The van der Waals surface area contributed by atoms with Crippen molar-refractivity contribution in [3.63, 3.8) is 0 Å². The maximum Gasteiger partial charge on any atom is 0.330 e. The van der Waals surface area contributed by atoms with Crippen molar-refractivity contribution in [2.24, 2.45) is 46.3 Å². The predicted octanol–water partition coefficient (Wildman–Crippen LogP) is 15.2. The number of nitrogens with zero attached hydrogens (tertiary/aromatic N) is 4. The molecule has 9 rings (SSSR count). The van der Waals surface area contributed by atoms with E-state index in [0.29, 0.717) is 59.8 Å². The molecule has 1 aromatic heterocycles. The van der Waals surface area contributed by atoms with Gasteiger partial charge in [0.25, 0.3) is 14.1 Å². The first kappa shape index (κ1) is 69.1. The van der Waals surface area contributed by atoms with E-state index in [1.165, 1.54) is 60.9 Å². The molecule has 0 amide bonds. The number of hydrogen-bond donors (Lipinski definition) is 2. The minimum atomic E-state index is -2.04. The number of carboxylic acids is 1. The second-order valence-electron chi connectivity index (χ2n) is 28.1. The third kappa shape index (κ3) is 14.3. The van der Waals surface area contributed by atoms with E-state index < -0.39 is 61.4 Å². The highest BCUT2D eigenvalue weighted by Gasteiger charge is 2.63. The number of carboxylic acid groups (broad SMARTS) is 1. The molecule has 2 heterocycles. The number of nitrogens with one attached hydrogen (secondary N) is 1. The Hall–Kier alpha value is -5.21. The van der Waals surface area contributed by atoms with Crippen LogP contribution in [0.15, 0.2) is 112 Å². The van der Waals surface area contributed by atoms with Crippen molar-refractivity contribution in [3.8, 4) is 17.6 Å². The standard InChI is InChI=1S/C73H104N5O11P/c1-13-14-15-19-44-77(72(68(80)81)42-41-70(9)56(47-72)30-35-59-61-37-36-60(52(8)23-20-22-49(2)3)71(61,10)40-38-62(59)70)88-66-65(89-90(86-46-21-43-74)78(50(4)5)51(6)7)63(87-67(66)76-45-39-64(79)75-69(76)82)48-85-73(53-24-17-16-18-25-53,54-26-31-57(83-11)32-27-54)55-28-33-58(84-12)34-29-55/h16-18,24-34,39,45,49-52,59-63,65-67H,13-15,19-23,35-38,40-42,44,46-48H2,1-12H3,(H,80,81)(H,75,79,82)/t52-,59?,60-,61?,62?,63-,65-,66-,67-,70+,71-,72?,90?/m1/s1. The van der Waals surface area contributed by atoms with Gasteiger partial charge in [-0.05, 0) is 166 Å². The van der Waals surface area contributed by atoms with Crippen molar-refractivity contribution in [2.75, 3.05) is 34.0 Å². The third-order valence-electron chi connectivity index (χ3n) is 21.6. The number of hydroxylamine groups is 2. The van der Waals surface area contributed by atoms with E-state index in [1.54, 1.807) is 19.3 Å². The van der Waals surface area contributed by atoms with E-state index in [-0.39, 0.29) is 50.1 Å². The molecule has 4 aromatic rings. The van der Waals surface area contributed by atoms with E-state index >= 15 is 0 Å². The van der Waals surface area contributed by atoms with Gasteiger partial charge in [0.05, 0.1) is 39.9 Å². The Kier molecular flexibility index (Phi) is 23.2. The van der Waals surface area contributed by atoms with Gasteiger partial charge in [-0.3, -0.25) is 24.0 Å². The Balaban J connectivity index is 1.16. The number of hydrogen-bond acceptors (Lipinski definition) is 13. The number of rotatable bonds is 31. The van der Waals surface area contributed by atoms with Gasteiger partial charge in [0, 0.05) is 37.3 Å². The highest BCUT2D eigenvalue weighted by Crippen LogP contribution is 2.68. The van der Waals surface area contributed by atoms with E-state index in [1.807, 2.05) is 78.9 Å². The number of fused-ring (bicyclic) bond motifs is 5. The predicted molar refractivity (Wildman–Crippen MR) is 353 cm³/mol. The number of nitriles is 1. The van der Waals surface area contributed by atoms with E-state index in [2.05, 4.69) is 91.0 Å². The zero-order valence-electron chi connectivity index (χ0n) is 55.9. The molecule has 0 spiro atoms. The van der Waals surface area contributed by atoms with Gasteiger partial charge in [0.2, 0.25) is 0 Å². The van der Waals surface area contributed by atoms with Crippen LogP contribution in [0.1, 0.15) is 195 Å². The van der Waals surface area contributed by atoms with E-state index in [9.17, 15) is 24.8 Å². The molecule has 5 unspecified atom stereocenters. The van der Waals surface area contributed by atoms with Gasteiger partial charge in [0.1, 0.15) is 34.8 Å². The Morgan fingerprint density at radius 3 is 2.09 bits per heavy atom. The van der Waals surface area contributed by atoms with Gasteiger partial charge in [-0.1, -0.05) is 146 Å². The highest BCUT2D eigenvalue weighted by molar-refractivity contribution is 7.44. The smallest absolute Gasteiger partial charge is 0.330 e. The molecule has 5 aliphatic rings. The van der Waals surface area contributed by atoms with Gasteiger partial charge >= 0.3 is 11.7 Å². The molecule has 13 atom stereocenters. The van der Waals surface area contributed by atoms with Crippen molar-refractivity contribution in [1.29, 1.82) is 5.26 Å². The summed E-state index contributed by atoms with van der Waals surface area (Å²) in [6.45, 7) is 22.8. The van der Waals surface area contributed by atoms with Gasteiger partial charge in [-0.2, -0.15) is 10.3 Å². The van der Waals surface area contributed by atoms with Gasteiger partial charge in [-0.25, -0.2) is 9.46 Å². The average molecular weight is 1260 g/mol. The quantitative estimate of drug-likeness (QED) is 0.0159. The van der Waals surface area contributed by atoms with Gasteiger partial charge < -0.3 is 33.1 Å². The molecule has 1 aliphatic heterocycles. The molecular weight excluding hydrogens is 1150 g/mol. The van der Waals surface area contributed by atoms with Crippen molar-refractivity contribution in [1.82, 2.24) is 19.3 Å². The largest absolute Gasteiger partial charge is 0.497 e. The number of aromatic amines is 1. The van der Waals surface area contributed by atoms with Crippen LogP contribution in [0.2, 0.25) is 0 Å². The van der Waals surface area contributed by atoms with Gasteiger partial charge in [-0.15, -0.1) is 0 Å². The first-order valence-electron chi connectivity index (χ1n) is 33.8. The van der Waals surface area contributed by atoms with Gasteiger partial charge in [0.15, 0.2) is 12.3 Å². The summed E-state index contributed by atoms with van der Waals surface area (Å²) in [6, 6.07) is 28.7. The van der Waals surface area contributed by atoms with Crippen LogP contribution in [-0.2, 0) is 33.8 Å². The molecule has 17 heteroatoms. The lowest BCUT2D eigenvalue weighted by molar-refractivity contribution is -0.282. The molecule has 492 valence electrons. The Morgan fingerprint density at radius 1 is 0.822 bits per heavy atom. The fourth-order valence-electron chi connectivity index (χ4n) is 17.0. The monoisotopic (exact) mass is 1260 g/mol. The van der Waals surface area contributed by atoms with E-state index in [4.69, 9.17) is 32.8 Å². The Morgan fingerprint density at radius 2 is 1.49 bits per heavy atom. The molecule has 3 saturated carbocycles. The van der Waals surface area contributed by atoms with Crippen molar-refractivity contribution in [3.05, 3.63) is 140 Å². The van der Waals surface area contributed by atoms with Crippen molar-refractivity contribution >= 4 is 14.5 Å². The number of unbranched alkanes of at least 4 members (excludes halogenated alkanes) is 3. The number of ether oxygens (including phenoxy) is 4. The summed E-state index contributed by atoms with van der Waals surface area (Å²) in [7, 11) is 1.22. The summed E-state index contributed by atoms with van der Waals surface area (Å²) in [5.41, 5.74) is -0.540. The van der Waals surface area contributed by atoms with Crippen LogP contribution in [0, 0.1) is 57.7 Å².